The van der Waals surface area contributed by atoms with Crippen LogP contribution in [0.25, 0.3) is 44.5 Å². The fraction of sp³-hybridized carbons (Fsp3) is 0. The van der Waals surface area contributed by atoms with Gasteiger partial charge in [-0.1, -0.05) is 182 Å². The lowest BCUT2D eigenvalue weighted by atomic mass is 10.00. The second-order valence-electron chi connectivity index (χ2n) is 16.5. The summed E-state index contributed by atoms with van der Waals surface area (Å²) in [7, 11) is -2.73. The van der Waals surface area contributed by atoms with Crippen LogP contribution in [0.2, 0.25) is 0 Å². The molecule has 2 aliphatic heterocycles. The molecule has 0 saturated heterocycles. The molecule has 12 rings (SSSR count). The maximum atomic E-state index is 2.54. The van der Waals surface area contributed by atoms with Crippen LogP contribution in [0.1, 0.15) is 0 Å². The lowest BCUT2D eigenvalue weighted by Crippen LogP contribution is -2.70. The van der Waals surface area contributed by atoms with E-state index in [1.807, 2.05) is 0 Å². The molecule has 296 valence electrons. The van der Waals surface area contributed by atoms with Crippen molar-refractivity contribution in [1.29, 1.82) is 0 Å². The van der Waals surface area contributed by atoms with E-state index in [-0.39, 0.29) is 0 Å². The number of anilines is 6. The fourth-order valence-corrected chi connectivity index (χ4v) is 16.0. The van der Waals surface area contributed by atoms with Gasteiger partial charge in [-0.3, -0.25) is 0 Å². The van der Waals surface area contributed by atoms with E-state index in [9.17, 15) is 0 Å². The third-order valence-corrected chi connectivity index (χ3v) is 18.0. The summed E-state index contributed by atoms with van der Waals surface area (Å²) in [5, 5.41) is 5.91. The van der Waals surface area contributed by atoms with E-state index in [2.05, 4.69) is 265 Å². The van der Waals surface area contributed by atoms with E-state index in [0.717, 1.165) is 34.1 Å². The summed E-state index contributed by atoms with van der Waals surface area (Å²) in [6.07, 6.45) is 0. The summed E-state index contributed by atoms with van der Waals surface area (Å²) in [5.41, 5.74) is 17.1. The van der Waals surface area contributed by atoms with Gasteiger partial charge >= 0.3 is 0 Å². The van der Waals surface area contributed by atoms with E-state index in [0.29, 0.717) is 0 Å². The lowest BCUT2D eigenvalue weighted by molar-refractivity contribution is 1.28. The Hall–Kier alpha value is -7.98. The van der Waals surface area contributed by atoms with Gasteiger partial charge in [0.25, 0.3) is 0 Å². The molecule has 3 heteroatoms. The molecule has 0 N–H and O–H groups in total. The molecule has 0 aromatic heterocycles. The molecule has 0 aliphatic carbocycles. The number of para-hydroxylation sites is 4. The van der Waals surface area contributed by atoms with Gasteiger partial charge in [-0.25, -0.2) is 0 Å². The predicted octanol–water partition coefficient (Wildman–Crippen LogP) is 13.3. The van der Waals surface area contributed by atoms with Gasteiger partial charge in [0.15, 0.2) is 8.07 Å². The maximum Gasteiger partial charge on any atom is 0.182 e. The van der Waals surface area contributed by atoms with Gasteiger partial charge in [0.05, 0.1) is 0 Å². The molecule has 0 atom stereocenters. The zero-order valence-electron chi connectivity index (χ0n) is 34.6. The van der Waals surface area contributed by atoms with Crippen LogP contribution in [0.4, 0.5) is 34.1 Å². The van der Waals surface area contributed by atoms with Crippen LogP contribution in [0.5, 0.6) is 0 Å². The Balaban J connectivity index is 0.974. The van der Waals surface area contributed by atoms with E-state index in [1.54, 1.807) is 0 Å². The molecule has 2 nitrogen and oxygen atoms in total. The van der Waals surface area contributed by atoms with Crippen molar-refractivity contribution in [2.24, 2.45) is 0 Å². The van der Waals surface area contributed by atoms with Crippen molar-refractivity contribution in [2.75, 3.05) is 9.80 Å². The van der Waals surface area contributed by atoms with Crippen LogP contribution in [-0.4, -0.2) is 8.07 Å². The Morgan fingerprint density at radius 3 is 0.825 bits per heavy atom. The Labute approximate surface area is 370 Å². The summed E-state index contributed by atoms with van der Waals surface area (Å²) >= 11 is 0. The first kappa shape index (κ1) is 36.8. The second-order valence-corrected chi connectivity index (χ2v) is 20.1. The van der Waals surface area contributed by atoms with E-state index < -0.39 is 8.07 Å². The monoisotopic (exact) mass is 818 g/mol. The Morgan fingerprint density at radius 2 is 0.476 bits per heavy atom. The van der Waals surface area contributed by atoms with Gasteiger partial charge in [0.2, 0.25) is 0 Å². The van der Waals surface area contributed by atoms with Crippen LogP contribution >= 0.6 is 0 Å². The van der Waals surface area contributed by atoms with Crippen molar-refractivity contribution in [1.82, 2.24) is 0 Å². The summed E-state index contributed by atoms with van der Waals surface area (Å²) in [4.78, 5) is 4.65. The summed E-state index contributed by atoms with van der Waals surface area (Å²) in [6.45, 7) is 0. The molecular weight excluding hydrogens is 777 g/mol. The van der Waals surface area contributed by atoms with Crippen LogP contribution < -0.4 is 30.5 Å². The van der Waals surface area contributed by atoms with Crippen molar-refractivity contribution in [2.45, 2.75) is 0 Å². The Morgan fingerprint density at radius 1 is 0.206 bits per heavy atom. The molecule has 2 heterocycles. The average molecular weight is 819 g/mol. The minimum atomic E-state index is -2.73. The predicted molar refractivity (Wildman–Crippen MR) is 268 cm³/mol. The van der Waals surface area contributed by atoms with Crippen molar-refractivity contribution < 1.29 is 0 Å². The molecule has 0 amide bonds. The smallest absolute Gasteiger partial charge is 0.182 e. The molecule has 10 aromatic rings. The van der Waals surface area contributed by atoms with Gasteiger partial charge in [0.1, 0.15) is 0 Å². The van der Waals surface area contributed by atoms with Crippen LogP contribution in [0.3, 0.4) is 0 Å². The highest BCUT2D eigenvalue weighted by Gasteiger charge is 2.54. The molecule has 0 fully saturated rings. The highest BCUT2D eigenvalue weighted by Crippen LogP contribution is 2.41. The summed E-state index contributed by atoms with van der Waals surface area (Å²) < 4.78 is 0. The molecular formula is C60H42N2Si. The number of rotatable bonds is 8. The van der Waals surface area contributed by atoms with Crippen molar-refractivity contribution in [3.63, 3.8) is 0 Å². The first-order valence-corrected chi connectivity index (χ1v) is 23.8. The van der Waals surface area contributed by atoms with Gasteiger partial charge < -0.3 is 9.80 Å². The number of hydrogen-bond donors (Lipinski definition) is 0. The normalized spacial score (nSPS) is 12.6. The number of fused-ring (bicyclic) bond motifs is 10. The first-order chi connectivity index (χ1) is 31.3. The quantitative estimate of drug-likeness (QED) is 0.141. The molecule has 0 unspecified atom stereocenters. The van der Waals surface area contributed by atoms with E-state index >= 15 is 0 Å². The standard InChI is InChI=1S/C60H42N2Si/c1-5-17-47(18-6-1)61(48-19-7-2-8-20-48)51-35-29-43(30-36-51)45-33-39-55-53-25-13-15-27-57(53)63(59(55)41-45)58-28-16-14-26-54(58)56-40-34-46(42-60(56)63)44-31-37-52(38-32-44)62(49-21-9-3-10-22-49)50-23-11-4-12-24-50/h1-42H. The molecule has 2 aliphatic rings. The third kappa shape index (κ3) is 6.00. The van der Waals surface area contributed by atoms with Crippen LogP contribution in [0, 0.1) is 0 Å². The number of benzene rings is 10. The minimum absolute atomic E-state index is 1.13. The van der Waals surface area contributed by atoms with Gasteiger partial charge in [0, 0.05) is 34.1 Å². The first-order valence-electron chi connectivity index (χ1n) is 21.8. The molecule has 1 spiro atoms. The topological polar surface area (TPSA) is 6.48 Å². The zero-order valence-corrected chi connectivity index (χ0v) is 35.6. The van der Waals surface area contributed by atoms with Crippen LogP contribution in [-0.2, 0) is 0 Å². The number of hydrogen-bond acceptors (Lipinski definition) is 2. The van der Waals surface area contributed by atoms with E-state index in [1.165, 1.54) is 65.3 Å². The molecule has 0 radical (unpaired) electrons. The highest BCUT2D eigenvalue weighted by atomic mass is 28.3. The van der Waals surface area contributed by atoms with Gasteiger partial charge in [-0.15, -0.1) is 0 Å². The Bertz CT molecular complexity index is 2950. The molecule has 63 heavy (non-hydrogen) atoms. The highest BCUT2D eigenvalue weighted by molar-refractivity contribution is 7.24. The van der Waals surface area contributed by atoms with E-state index in [4.69, 9.17) is 0 Å². The second kappa shape index (κ2) is 15.2. The van der Waals surface area contributed by atoms with Crippen molar-refractivity contribution in [3.05, 3.63) is 255 Å². The summed E-state index contributed by atoms with van der Waals surface area (Å²) in [6, 6.07) is 93.7. The van der Waals surface area contributed by atoms with Crippen molar-refractivity contribution in [3.8, 4) is 44.5 Å². The summed E-state index contributed by atoms with van der Waals surface area (Å²) in [5.74, 6) is 0. The van der Waals surface area contributed by atoms with Crippen LogP contribution in [0.15, 0.2) is 255 Å². The van der Waals surface area contributed by atoms with Gasteiger partial charge in [-0.2, -0.15) is 0 Å². The van der Waals surface area contributed by atoms with Crippen molar-refractivity contribution >= 4 is 62.9 Å². The lowest BCUT2D eigenvalue weighted by Gasteiger charge is -2.28. The molecule has 10 aromatic carbocycles. The Kier molecular flexibility index (Phi) is 8.87. The number of nitrogens with zero attached hydrogens (tertiary/aromatic N) is 2. The van der Waals surface area contributed by atoms with Gasteiger partial charge in [-0.05, 0) is 138 Å². The third-order valence-electron chi connectivity index (χ3n) is 13.1. The molecule has 0 saturated carbocycles. The fourth-order valence-electron chi connectivity index (χ4n) is 10.3. The largest absolute Gasteiger partial charge is 0.311 e. The maximum absolute atomic E-state index is 2.73. The SMILES string of the molecule is c1ccc(N(c2ccccc2)c2ccc(-c3ccc4c(c3)[Si]3(c5ccccc5-4)c4ccccc4-c4ccc(-c5ccc(N(c6ccccc6)c6ccccc6)cc5)cc43)cc2)cc1. The average Bonchev–Trinajstić information content (AvgIpc) is 3.83. The zero-order chi connectivity index (χ0) is 41.7. The molecule has 0 bridgehead atoms. The minimum Gasteiger partial charge on any atom is -0.311 e.